The standard InChI is InChI=1S/C18H15F2N/c19-16-8-3-9-17(20)14(16)11-18(12-21)10-4-6-13-5-1-2-7-15(13)18/h1-3,5,7-9H,4,6,10-11H2. The fourth-order valence-electron chi connectivity index (χ4n) is 3.26. The van der Waals surface area contributed by atoms with Crippen molar-refractivity contribution in [3.63, 3.8) is 0 Å². The van der Waals surface area contributed by atoms with Crippen LogP contribution in [0.1, 0.15) is 29.5 Å². The summed E-state index contributed by atoms with van der Waals surface area (Å²) in [5.74, 6) is -1.15. The fourth-order valence-corrected chi connectivity index (χ4v) is 3.26. The third kappa shape index (κ3) is 2.31. The molecule has 21 heavy (non-hydrogen) atoms. The first-order chi connectivity index (χ1) is 10.2. The molecule has 0 aliphatic heterocycles. The lowest BCUT2D eigenvalue weighted by atomic mass is 9.67. The summed E-state index contributed by atoms with van der Waals surface area (Å²) in [6.07, 6.45) is 2.49. The van der Waals surface area contributed by atoms with E-state index < -0.39 is 17.0 Å². The largest absolute Gasteiger partial charge is 0.207 e. The summed E-state index contributed by atoms with van der Waals surface area (Å²) in [6.45, 7) is 0. The molecule has 3 heteroatoms. The minimum atomic E-state index is -0.835. The molecule has 0 saturated carbocycles. The van der Waals surface area contributed by atoms with Gasteiger partial charge in [-0.05, 0) is 42.5 Å². The molecule has 0 heterocycles. The fraction of sp³-hybridized carbons (Fsp3) is 0.278. The Balaban J connectivity index is 2.10. The first kappa shape index (κ1) is 13.8. The topological polar surface area (TPSA) is 23.8 Å². The Morgan fingerprint density at radius 3 is 2.48 bits per heavy atom. The van der Waals surface area contributed by atoms with E-state index in [2.05, 4.69) is 6.07 Å². The van der Waals surface area contributed by atoms with E-state index >= 15 is 0 Å². The molecule has 1 nitrogen and oxygen atoms in total. The minimum Gasteiger partial charge on any atom is -0.207 e. The Hall–Kier alpha value is -2.21. The molecule has 0 aromatic heterocycles. The van der Waals surface area contributed by atoms with Gasteiger partial charge in [0.1, 0.15) is 11.6 Å². The van der Waals surface area contributed by atoms with Gasteiger partial charge in [-0.1, -0.05) is 30.3 Å². The van der Waals surface area contributed by atoms with Crippen molar-refractivity contribution in [2.45, 2.75) is 31.1 Å². The summed E-state index contributed by atoms with van der Waals surface area (Å²) >= 11 is 0. The van der Waals surface area contributed by atoms with Crippen molar-refractivity contribution in [2.75, 3.05) is 0 Å². The number of benzene rings is 2. The van der Waals surface area contributed by atoms with E-state index in [1.807, 2.05) is 24.3 Å². The summed E-state index contributed by atoms with van der Waals surface area (Å²) in [5, 5.41) is 9.74. The first-order valence-electron chi connectivity index (χ1n) is 7.09. The monoisotopic (exact) mass is 283 g/mol. The number of hydrogen-bond acceptors (Lipinski definition) is 1. The van der Waals surface area contributed by atoms with Crippen LogP contribution in [0.3, 0.4) is 0 Å². The Kier molecular flexibility index (Phi) is 3.47. The smallest absolute Gasteiger partial charge is 0.129 e. The zero-order valence-electron chi connectivity index (χ0n) is 11.6. The highest BCUT2D eigenvalue weighted by molar-refractivity contribution is 5.43. The molecule has 0 saturated heterocycles. The Bertz CT molecular complexity index is 697. The van der Waals surface area contributed by atoms with Gasteiger partial charge >= 0.3 is 0 Å². The lowest BCUT2D eigenvalue weighted by molar-refractivity contribution is 0.429. The molecule has 0 amide bonds. The summed E-state index contributed by atoms with van der Waals surface area (Å²) in [5.41, 5.74) is 1.21. The molecule has 1 aliphatic carbocycles. The molecule has 1 atom stereocenters. The summed E-state index contributed by atoms with van der Waals surface area (Å²) in [4.78, 5) is 0. The lowest BCUT2D eigenvalue weighted by Crippen LogP contribution is -2.32. The van der Waals surface area contributed by atoms with Crippen LogP contribution < -0.4 is 0 Å². The number of nitriles is 1. The molecule has 2 aromatic rings. The first-order valence-corrected chi connectivity index (χ1v) is 7.09. The van der Waals surface area contributed by atoms with Crippen LogP contribution in [0.15, 0.2) is 42.5 Å². The molecule has 2 aromatic carbocycles. The maximum Gasteiger partial charge on any atom is 0.129 e. The molecular weight excluding hydrogens is 268 g/mol. The van der Waals surface area contributed by atoms with Gasteiger partial charge in [0.2, 0.25) is 0 Å². The predicted octanol–water partition coefficient (Wildman–Crippen LogP) is 4.31. The predicted molar refractivity (Wildman–Crippen MR) is 76.7 cm³/mol. The highest BCUT2D eigenvalue weighted by atomic mass is 19.1. The molecule has 3 rings (SSSR count). The van der Waals surface area contributed by atoms with E-state index in [-0.39, 0.29) is 12.0 Å². The summed E-state index contributed by atoms with van der Waals surface area (Å²) in [7, 11) is 0. The van der Waals surface area contributed by atoms with Crippen molar-refractivity contribution in [3.8, 4) is 6.07 Å². The third-order valence-electron chi connectivity index (χ3n) is 4.34. The van der Waals surface area contributed by atoms with Crippen LogP contribution in [0.25, 0.3) is 0 Å². The van der Waals surface area contributed by atoms with Gasteiger partial charge in [-0.2, -0.15) is 5.26 Å². The van der Waals surface area contributed by atoms with Gasteiger partial charge in [0.15, 0.2) is 0 Å². The minimum absolute atomic E-state index is 0.00996. The molecule has 106 valence electrons. The van der Waals surface area contributed by atoms with Crippen LogP contribution in [0.5, 0.6) is 0 Å². The molecular formula is C18H15F2N. The van der Waals surface area contributed by atoms with Gasteiger partial charge < -0.3 is 0 Å². The Morgan fingerprint density at radius 2 is 1.76 bits per heavy atom. The van der Waals surface area contributed by atoms with Gasteiger partial charge in [-0.25, -0.2) is 8.78 Å². The van der Waals surface area contributed by atoms with Crippen LogP contribution in [-0.4, -0.2) is 0 Å². The number of hydrogen-bond donors (Lipinski definition) is 0. The van der Waals surface area contributed by atoms with Crippen molar-refractivity contribution >= 4 is 0 Å². The average Bonchev–Trinajstić information content (AvgIpc) is 2.51. The molecule has 1 aliphatic rings. The second kappa shape index (κ2) is 5.29. The van der Waals surface area contributed by atoms with Crippen LogP contribution in [0, 0.1) is 23.0 Å². The molecule has 1 unspecified atom stereocenters. The zero-order chi connectivity index (χ0) is 14.9. The van der Waals surface area contributed by atoms with E-state index in [4.69, 9.17) is 0 Å². The zero-order valence-corrected chi connectivity index (χ0v) is 11.6. The van der Waals surface area contributed by atoms with Gasteiger partial charge in [0.05, 0.1) is 11.5 Å². The normalized spacial score (nSPS) is 20.6. The SMILES string of the molecule is N#CC1(Cc2c(F)cccc2F)CCCc2ccccc21. The maximum atomic E-state index is 13.9. The van der Waals surface area contributed by atoms with Gasteiger partial charge in [0, 0.05) is 12.0 Å². The van der Waals surface area contributed by atoms with E-state index in [1.54, 1.807) is 0 Å². The summed E-state index contributed by atoms with van der Waals surface area (Å²) in [6, 6.07) is 13.9. The molecule has 0 radical (unpaired) electrons. The van der Waals surface area contributed by atoms with Crippen molar-refractivity contribution in [2.24, 2.45) is 0 Å². The van der Waals surface area contributed by atoms with Gasteiger partial charge in [0.25, 0.3) is 0 Å². The van der Waals surface area contributed by atoms with Crippen LogP contribution >= 0.6 is 0 Å². The number of rotatable bonds is 2. The second-order valence-corrected chi connectivity index (χ2v) is 5.58. The van der Waals surface area contributed by atoms with E-state index in [1.165, 1.54) is 18.2 Å². The third-order valence-corrected chi connectivity index (χ3v) is 4.34. The molecule has 0 fully saturated rings. The van der Waals surface area contributed by atoms with Gasteiger partial charge in [-0.3, -0.25) is 0 Å². The van der Waals surface area contributed by atoms with E-state index in [0.29, 0.717) is 6.42 Å². The lowest BCUT2D eigenvalue weighted by Gasteiger charge is -2.33. The van der Waals surface area contributed by atoms with E-state index in [0.717, 1.165) is 24.0 Å². The van der Waals surface area contributed by atoms with Crippen LogP contribution in [0.2, 0.25) is 0 Å². The highest BCUT2D eigenvalue weighted by Gasteiger charge is 2.38. The second-order valence-electron chi connectivity index (χ2n) is 5.58. The average molecular weight is 283 g/mol. The van der Waals surface area contributed by atoms with Crippen molar-refractivity contribution < 1.29 is 8.78 Å². The number of fused-ring (bicyclic) bond motifs is 1. The number of nitrogens with zero attached hydrogens (tertiary/aromatic N) is 1. The van der Waals surface area contributed by atoms with Crippen molar-refractivity contribution in [1.82, 2.24) is 0 Å². The van der Waals surface area contributed by atoms with Gasteiger partial charge in [-0.15, -0.1) is 0 Å². The molecule has 0 bridgehead atoms. The molecule has 0 N–H and O–H groups in total. The Morgan fingerprint density at radius 1 is 1.05 bits per heavy atom. The number of aryl methyl sites for hydroxylation is 1. The van der Waals surface area contributed by atoms with E-state index in [9.17, 15) is 14.0 Å². The number of halogens is 2. The summed E-state index contributed by atoms with van der Waals surface area (Å²) < 4.78 is 27.9. The highest BCUT2D eigenvalue weighted by Crippen LogP contribution is 2.40. The maximum absolute atomic E-state index is 13.9. The molecule has 0 spiro atoms. The quantitative estimate of drug-likeness (QED) is 0.806. The van der Waals surface area contributed by atoms with Crippen molar-refractivity contribution in [1.29, 1.82) is 5.26 Å². The van der Waals surface area contributed by atoms with Crippen LogP contribution in [0.4, 0.5) is 8.78 Å². The van der Waals surface area contributed by atoms with Crippen LogP contribution in [-0.2, 0) is 18.3 Å². The van der Waals surface area contributed by atoms with Crippen molar-refractivity contribution in [3.05, 3.63) is 70.8 Å². The Labute approximate surface area is 122 Å².